The lowest BCUT2D eigenvalue weighted by atomic mass is 9.36. The lowest BCUT2D eigenvalue weighted by Gasteiger charge is -2.65. The molecule has 0 amide bonds. The van der Waals surface area contributed by atoms with Crippen LogP contribution in [0.3, 0.4) is 0 Å². The Hall–Kier alpha value is -0.663. The van der Waals surface area contributed by atoms with Crippen LogP contribution in [0.5, 0.6) is 0 Å². The number of terminal acetylenes is 1. The molecule has 68 valence electrons. The van der Waals surface area contributed by atoms with Crippen LogP contribution < -0.4 is 0 Å². The highest BCUT2D eigenvalue weighted by Gasteiger charge is 2.66. The molecule has 3 fully saturated rings. The maximum atomic E-state index is 5.46. The van der Waals surface area contributed by atoms with E-state index in [2.05, 4.69) is 37.0 Å². The monoisotopic (exact) mass is 188 g/mol. The Balaban J connectivity index is 2.02. The van der Waals surface area contributed by atoms with Gasteiger partial charge in [0.1, 0.15) is 8.07 Å². The predicted molar refractivity (Wildman–Crippen MR) is 58.7 cm³/mol. The third kappa shape index (κ3) is 1.32. The standard InChI is InChI=1S/C12H16Si/c1-5-11-8-12(9-11,10-11)6-7-13(2,3)4/h1H,8-10H2,2-4H3. The summed E-state index contributed by atoms with van der Waals surface area (Å²) in [6.45, 7) is 6.88. The average molecular weight is 188 g/mol. The first-order chi connectivity index (χ1) is 5.89. The normalized spacial score (nSPS) is 40.5. The van der Waals surface area contributed by atoms with Gasteiger partial charge in [0.2, 0.25) is 0 Å². The largest absolute Gasteiger partial charge is 0.131 e. The van der Waals surface area contributed by atoms with E-state index in [1.54, 1.807) is 0 Å². The quantitative estimate of drug-likeness (QED) is 0.405. The van der Waals surface area contributed by atoms with Gasteiger partial charge in [-0.2, -0.15) is 0 Å². The fourth-order valence-electron chi connectivity index (χ4n) is 2.39. The molecule has 0 N–H and O–H groups in total. The van der Waals surface area contributed by atoms with Gasteiger partial charge in [0, 0.05) is 10.8 Å². The summed E-state index contributed by atoms with van der Waals surface area (Å²) in [5.41, 5.74) is 4.12. The van der Waals surface area contributed by atoms with Crippen LogP contribution in [-0.4, -0.2) is 8.07 Å². The summed E-state index contributed by atoms with van der Waals surface area (Å²) in [6, 6.07) is 0. The minimum atomic E-state index is -1.17. The third-order valence-electron chi connectivity index (χ3n) is 3.04. The fraction of sp³-hybridized carbons (Fsp3) is 0.667. The van der Waals surface area contributed by atoms with Crippen molar-refractivity contribution in [2.75, 3.05) is 0 Å². The molecule has 0 unspecified atom stereocenters. The van der Waals surface area contributed by atoms with E-state index in [0.29, 0.717) is 5.41 Å². The van der Waals surface area contributed by atoms with Crippen molar-refractivity contribution in [2.24, 2.45) is 10.8 Å². The van der Waals surface area contributed by atoms with Gasteiger partial charge < -0.3 is 0 Å². The Labute approximate surface area is 82.1 Å². The van der Waals surface area contributed by atoms with E-state index in [0.717, 1.165) is 0 Å². The summed E-state index contributed by atoms with van der Waals surface area (Å²) < 4.78 is 0. The molecule has 3 aliphatic carbocycles. The molecule has 0 aromatic rings. The zero-order chi connectivity index (χ0) is 9.74. The van der Waals surface area contributed by atoms with E-state index >= 15 is 0 Å². The van der Waals surface area contributed by atoms with Crippen LogP contribution in [-0.2, 0) is 0 Å². The first kappa shape index (κ1) is 8.91. The highest BCUT2D eigenvalue weighted by Crippen LogP contribution is 2.72. The molecule has 1 heteroatoms. The van der Waals surface area contributed by atoms with Gasteiger partial charge >= 0.3 is 0 Å². The Kier molecular flexibility index (Phi) is 1.53. The second-order valence-electron chi connectivity index (χ2n) is 5.74. The molecule has 0 spiro atoms. The number of hydrogen-bond donors (Lipinski definition) is 0. The SMILES string of the molecule is C#CC12CC(C#C[Si](C)(C)C)(C1)C2. The summed E-state index contributed by atoms with van der Waals surface area (Å²) in [6.07, 6.45) is 8.98. The fourth-order valence-corrected chi connectivity index (χ4v) is 3.03. The summed E-state index contributed by atoms with van der Waals surface area (Å²) in [5, 5.41) is 0. The van der Waals surface area contributed by atoms with Crippen molar-refractivity contribution in [3.8, 4) is 23.8 Å². The molecule has 0 radical (unpaired) electrons. The van der Waals surface area contributed by atoms with Crippen LogP contribution in [0.2, 0.25) is 19.6 Å². The van der Waals surface area contributed by atoms with E-state index in [1.807, 2.05) is 0 Å². The molecule has 0 heterocycles. The van der Waals surface area contributed by atoms with Gasteiger partial charge in [-0.25, -0.2) is 0 Å². The molecule has 3 saturated carbocycles. The molecule has 0 aromatic heterocycles. The van der Waals surface area contributed by atoms with Crippen LogP contribution in [0.4, 0.5) is 0 Å². The molecule has 2 bridgehead atoms. The molecule has 0 aliphatic heterocycles. The van der Waals surface area contributed by atoms with Crippen molar-refractivity contribution in [1.82, 2.24) is 0 Å². The maximum Gasteiger partial charge on any atom is 0.129 e. The van der Waals surface area contributed by atoms with Gasteiger partial charge in [-0.05, 0) is 19.3 Å². The van der Waals surface area contributed by atoms with Gasteiger partial charge in [0.25, 0.3) is 0 Å². The first-order valence-electron chi connectivity index (χ1n) is 4.91. The number of hydrogen-bond acceptors (Lipinski definition) is 0. The minimum Gasteiger partial charge on any atom is -0.131 e. The van der Waals surface area contributed by atoms with E-state index < -0.39 is 8.07 Å². The Morgan fingerprint density at radius 3 is 2.00 bits per heavy atom. The topological polar surface area (TPSA) is 0 Å². The first-order valence-corrected chi connectivity index (χ1v) is 8.41. The van der Waals surface area contributed by atoms with E-state index in [4.69, 9.17) is 6.42 Å². The highest BCUT2D eigenvalue weighted by atomic mass is 28.3. The zero-order valence-electron chi connectivity index (χ0n) is 8.70. The van der Waals surface area contributed by atoms with Crippen LogP contribution in [0.15, 0.2) is 0 Å². The average Bonchev–Trinajstić information content (AvgIpc) is 1.79. The van der Waals surface area contributed by atoms with Crippen molar-refractivity contribution in [3.05, 3.63) is 0 Å². The summed E-state index contributed by atoms with van der Waals surface area (Å²) in [7, 11) is -1.17. The molecule has 13 heavy (non-hydrogen) atoms. The Morgan fingerprint density at radius 1 is 1.08 bits per heavy atom. The molecule has 3 aliphatic rings. The Bertz CT molecular complexity index is 320. The van der Waals surface area contributed by atoms with Gasteiger partial charge in [-0.3, -0.25) is 0 Å². The van der Waals surface area contributed by atoms with Crippen molar-refractivity contribution < 1.29 is 0 Å². The number of rotatable bonds is 0. The molecule has 0 atom stereocenters. The Morgan fingerprint density at radius 2 is 1.62 bits per heavy atom. The van der Waals surface area contributed by atoms with Gasteiger partial charge in [0.15, 0.2) is 0 Å². The van der Waals surface area contributed by atoms with Gasteiger partial charge in [-0.1, -0.05) is 25.6 Å². The molecule has 3 rings (SSSR count). The smallest absolute Gasteiger partial charge is 0.129 e. The third-order valence-corrected chi connectivity index (χ3v) is 3.91. The van der Waals surface area contributed by atoms with Gasteiger partial charge in [-0.15, -0.1) is 17.9 Å². The minimum absolute atomic E-state index is 0.286. The van der Waals surface area contributed by atoms with Crippen molar-refractivity contribution in [3.63, 3.8) is 0 Å². The maximum absolute atomic E-state index is 5.46. The lowest BCUT2D eigenvalue weighted by molar-refractivity contribution is -0.113. The van der Waals surface area contributed by atoms with E-state index in [-0.39, 0.29) is 5.41 Å². The molecular weight excluding hydrogens is 172 g/mol. The van der Waals surface area contributed by atoms with Gasteiger partial charge in [0.05, 0.1) is 0 Å². The van der Waals surface area contributed by atoms with Crippen LogP contribution in [0.25, 0.3) is 0 Å². The zero-order valence-corrected chi connectivity index (χ0v) is 9.70. The van der Waals surface area contributed by atoms with Crippen LogP contribution >= 0.6 is 0 Å². The summed E-state index contributed by atoms with van der Waals surface area (Å²) in [5.74, 6) is 6.39. The molecule has 0 nitrogen and oxygen atoms in total. The lowest BCUT2D eigenvalue weighted by Crippen LogP contribution is -2.60. The molecule has 0 aromatic carbocycles. The van der Waals surface area contributed by atoms with Crippen LogP contribution in [0, 0.1) is 34.6 Å². The predicted octanol–water partition coefficient (Wildman–Crippen LogP) is 2.67. The highest BCUT2D eigenvalue weighted by molar-refractivity contribution is 6.83. The van der Waals surface area contributed by atoms with Crippen molar-refractivity contribution >= 4 is 8.07 Å². The van der Waals surface area contributed by atoms with Crippen molar-refractivity contribution in [2.45, 2.75) is 38.9 Å². The van der Waals surface area contributed by atoms with Crippen LogP contribution in [0.1, 0.15) is 19.3 Å². The van der Waals surface area contributed by atoms with Crippen molar-refractivity contribution in [1.29, 1.82) is 0 Å². The summed E-state index contributed by atoms with van der Waals surface area (Å²) >= 11 is 0. The molecule has 0 saturated heterocycles. The molecular formula is C12H16Si. The summed E-state index contributed by atoms with van der Waals surface area (Å²) in [4.78, 5) is 0. The van der Waals surface area contributed by atoms with E-state index in [1.165, 1.54) is 19.3 Å². The second kappa shape index (κ2) is 2.22. The second-order valence-corrected chi connectivity index (χ2v) is 10.5. The van der Waals surface area contributed by atoms with E-state index in [9.17, 15) is 0 Å².